The Bertz CT molecular complexity index is 864. The van der Waals surface area contributed by atoms with E-state index in [2.05, 4.69) is 15.2 Å². The van der Waals surface area contributed by atoms with Gasteiger partial charge in [-0.05, 0) is 31.2 Å². The van der Waals surface area contributed by atoms with Gasteiger partial charge in [0.05, 0.1) is 17.6 Å². The Morgan fingerprint density at radius 1 is 1.24 bits per heavy atom. The minimum Gasteiger partial charge on any atom is -0.313 e. The fourth-order valence-electron chi connectivity index (χ4n) is 2.14. The number of aryl methyl sites for hydroxylation is 1. The second kappa shape index (κ2) is 7.67. The van der Waals surface area contributed by atoms with E-state index in [4.69, 9.17) is 11.6 Å². The summed E-state index contributed by atoms with van der Waals surface area (Å²) in [5.41, 5.74) is 2.83. The van der Waals surface area contributed by atoms with E-state index in [1.54, 1.807) is 36.6 Å². The van der Waals surface area contributed by atoms with Crippen LogP contribution in [0.1, 0.15) is 5.56 Å². The fraction of sp³-hybridized carbons (Fsp3) is 0.176. The number of aromatic nitrogens is 4. The van der Waals surface area contributed by atoms with Gasteiger partial charge in [-0.15, -0.1) is 10.2 Å². The van der Waals surface area contributed by atoms with Gasteiger partial charge < -0.3 is 4.90 Å². The van der Waals surface area contributed by atoms with E-state index in [1.807, 2.05) is 35.8 Å². The Morgan fingerprint density at radius 3 is 2.68 bits per heavy atom. The molecule has 128 valence electrons. The highest BCUT2D eigenvalue weighted by Crippen LogP contribution is 2.21. The zero-order chi connectivity index (χ0) is 17.8. The third kappa shape index (κ3) is 4.18. The van der Waals surface area contributed by atoms with Crippen LogP contribution in [0.2, 0.25) is 5.15 Å². The Morgan fingerprint density at radius 2 is 2.00 bits per heavy atom. The molecular formula is C17H16ClN5OS. The van der Waals surface area contributed by atoms with Crippen LogP contribution in [-0.2, 0) is 4.79 Å². The molecule has 1 aromatic carbocycles. The molecule has 2 heterocycles. The van der Waals surface area contributed by atoms with Crippen LogP contribution in [0.25, 0.3) is 5.69 Å². The molecule has 0 spiro atoms. The number of hydrogen-bond donors (Lipinski definition) is 0. The highest BCUT2D eigenvalue weighted by Gasteiger charge is 2.14. The lowest BCUT2D eigenvalue weighted by Crippen LogP contribution is -2.28. The van der Waals surface area contributed by atoms with Gasteiger partial charge in [0.1, 0.15) is 11.5 Å². The predicted molar refractivity (Wildman–Crippen MR) is 99.5 cm³/mol. The van der Waals surface area contributed by atoms with Crippen LogP contribution >= 0.6 is 23.4 Å². The van der Waals surface area contributed by atoms with E-state index < -0.39 is 0 Å². The van der Waals surface area contributed by atoms with Gasteiger partial charge in [0.15, 0.2) is 5.16 Å². The van der Waals surface area contributed by atoms with Gasteiger partial charge in [0, 0.05) is 12.7 Å². The molecule has 0 radical (unpaired) electrons. The summed E-state index contributed by atoms with van der Waals surface area (Å²) in [4.78, 5) is 17.9. The lowest BCUT2D eigenvalue weighted by molar-refractivity contribution is -0.115. The zero-order valence-corrected chi connectivity index (χ0v) is 15.3. The van der Waals surface area contributed by atoms with Crippen molar-refractivity contribution in [1.29, 1.82) is 0 Å². The summed E-state index contributed by atoms with van der Waals surface area (Å²) in [7, 11) is 1.71. The van der Waals surface area contributed by atoms with Gasteiger partial charge in [-0.2, -0.15) is 0 Å². The maximum Gasteiger partial charge on any atom is 0.237 e. The molecule has 0 N–H and O–H groups in total. The highest BCUT2D eigenvalue weighted by molar-refractivity contribution is 7.99. The number of amides is 1. The summed E-state index contributed by atoms with van der Waals surface area (Å²) in [6.45, 7) is 2.03. The van der Waals surface area contributed by atoms with Crippen molar-refractivity contribution in [3.63, 3.8) is 0 Å². The fourth-order valence-corrected chi connectivity index (χ4v) is 3.09. The van der Waals surface area contributed by atoms with Crippen LogP contribution in [0.4, 0.5) is 5.69 Å². The molecule has 0 aliphatic carbocycles. The third-order valence-corrected chi connectivity index (χ3v) is 4.78. The van der Waals surface area contributed by atoms with Crippen LogP contribution in [0.5, 0.6) is 0 Å². The van der Waals surface area contributed by atoms with E-state index in [-0.39, 0.29) is 11.7 Å². The predicted octanol–water partition coefficient (Wildman–Crippen LogP) is 3.38. The zero-order valence-electron chi connectivity index (χ0n) is 13.8. The molecule has 3 rings (SSSR count). The van der Waals surface area contributed by atoms with Gasteiger partial charge >= 0.3 is 0 Å². The number of rotatable bonds is 5. The molecule has 0 aliphatic rings. The molecule has 6 nitrogen and oxygen atoms in total. The van der Waals surface area contributed by atoms with E-state index in [1.165, 1.54) is 17.3 Å². The van der Waals surface area contributed by atoms with Crippen molar-refractivity contribution in [3.05, 3.63) is 59.6 Å². The molecule has 1 amide bonds. The first kappa shape index (κ1) is 17.4. The monoisotopic (exact) mass is 373 g/mol. The van der Waals surface area contributed by atoms with Crippen molar-refractivity contribution in [2.75, 3.05) is 17.7 Å². The van der Waals surface area contributed by atoms with Gasteiger partial charge in [-0.3, -0.25) is 9.36 Å². The number of carbonyl (C=O) groups is 1. The number of benzene rings is 1. The molecule has 0 aliphatic heterocycles. The van der Waals surface area contributed by atoms with Crippen LogP contribution in [0, 0.1) is 6.92 Å². The Labute approximate surface area is 154 Å². The van der Waals surface area contributed by atoms with Gasteiger partial charge in [-0.1, -0.05) is 41.1 Å². The Balaban J connectivity index is 1.68. The quantitative estimate of drug-likeness (QED) is 0.506. The first-order valence-electron chi connectivity index (χ1n) is 7.52. The van der Waals surface area contributed by atoms with Gasteiger partial charge in [0.25, 0.3) is 0 Å². The third-order valence-electron chi connectivity index (χ3n) is 3.63. The van der Waals surface area contributed by atoms with Crippen molar-refractivity contribution in [1.82, 2.24) is 19.7 Å². The Kier molecular flexibility index (Phi) is 5.35. The second-order valence-electron chi connectivity index (χ2n) is 5.40. The number of thioether (sulfide) groups is 1. The lowest BCUT2D eigenvalue weighted by atomic mass is 10.2. The minimum absolute atomic E-state index is 0.0624. The molecule has 3 aromatic rings. The van der Waals surface area contributed by atoms with Crippen LogP contribution in [0.3, 0.4) is 0 Å². The molecule has 0 fully saturated rings. The topological polar surface area (TPSA) is 63.9 Å². The average Bonchev–Trinajstić information content (AvgIpc) is 3.09. The van der Waals surface area contributed by atoms with Gasteiger partial charge in [-0.25, -0.2) is 4.98 Å². The number of carbonyl (C=O) groups excluding carboxylic acids is 1. The van der Waals surface area contributed by atoms with Crippen molar-refractivity contribution >= 4 is 35.0 Å². The van der Waals surface area contributed by atoms with Crippen molar-refractivity contribution in [3.8, 4) is 5.69 Å². The van der Waals surface area contributed by atoms with Crippen LogP contribution < -0.4 is 4.90 Å². The summed E-state index contributed by atoms with van der Waals surface area (Å²) >= 11 is 7.11. The summed E-state index contributed by atoms with van der Waals surface area (Å²) in [5.74, 6) is 0.177. The van der Waals surface area contributed by atoms with E-state index in [0.29, 0.717) is 16.0 Å². The minimum atomic E-state index is -0.0624. The number of pyridine rings is 1. The average molecular weight is 374 g/mol. The smallest absolute Gasteiger partial charge is 0.237 e. The molecule has 25 heavy (non-hydrogen) atoms. The highest BCUT2D eigenvalue weighted by atomic mass is 35.5. The second-order valence-corrected chi connectivity index (χ2v) is 6.73. The summed E-state index contributed by atoms with van der Waals surface area (Å²) in [6.07, 6.45) is 3.21. The standard InChI is InChI=1S/C17H16ClN5OS/c1-12-3-5-13(6-4-12)23-11-20-21-17(23)25-10-16(24)22(2)14-7-8-15(18)19-9-14/h3-9,11H,10H2,1-2H3. The van der Waals surface area contributed by atoms with Crippen LogP contribution in [0.15, 0.2) is 54.1 Å². The molecule has 8 heteroatoms. The summed E-state index contributed by atoms with van der Waals surface area (Å²) in [6, 6.07) is 11.5. The first-order valence-corrected chi connectivity index (χ1v) is 8.89. The SMILES string of the molecule is Cc1ccc(-n2cnnc2SCC(=O)N(C)c2ccc(Cl)nc2)cc1. The number of nitrogens with zero attached hydrogens (tertiary/aromatic N) is 5. The van der Waals surface area contributed by atoms with Crippen LogP contribution in [-0.4, -0.2) is 38.5 Å². The number of halogens is 1. The van der Waals surface area contributed by atoms with Gasteiger partial charge in [0.2, 0.25) is 5.91 Å². The van der Waals surface area contributed by atoms with Crippen molar-refractivity contribution in [2.45, 2.75) is 12.1 Å². The summed E-state index contributed by atoms with van der Waals surface area (Å²) in [5, 5.41) is 9.12. The molecule has 0 unspecified atom stereocenters. The number of anilines is 1. The first-order chi connectivity index (χ1) is 12.0. The van der Waals surface area contributed by atoms with E-state index in [9.17, 15) is 4.79 Å². The normalized spacial score (nSPS) is 10.7. The molecule has 0 atom stereocenters. The molecule has 0 bridgehead atoms. The lowest BCUT2D eigenvalue weighted by Gasteiger charge is -2.16. The van der Waals surface area contributed by atoms with E-state index >= 15 is 0 Å². The van der Waals surface area contributed by atoms with Crippen molar-refractivity contribution in [2.24, 2.45) is 0 Å². The summed E-state index contributed by atoms with van der Waals surface area (Å²) < 4.78 is 1.86. The van der Waals surface area contributed by atoms with Crippen molar-refractivity contribution < 1.29 is 4.79 Å². The molecule has 0 saturated carbocycles. The van der Waals surface area contributed by atoms with E-state index in [0.717, 1.165) is 5.69 Å². The maximum atomic E-state index is 12.4. The number of hydrogen-bond acceptors (Lipinski definition) is 5. The Hall–Kier alpha value is -2.38. The molecule has 2 aromatic heterocycles. The maximum absolute atomic E-state index is 12.4. The molecule has 0 saturated heterocycles. The molecular weight excluding hydrogens is 358 g/mol. The largest absolute Gasteiger partial charge is 0.313 e.